The molecular formula is C53H33N3O2. The van der Waals surface area contributed by atoms with Crippen molar-refractivity contribution >= 4 is 82.7 Å². The molecule has 0 atom stereocenters. The van der Waals surface area contributed by atoms with Crippen LogP contribution in [0, 0.1) is 0 Å². The zero-order valence-electron chi connectivity index (χ0n) is 31.2. The van der Waals surface area contributed by atoms with Gasteiger partial charge in [-0.3, -0.25) is 0 Å². The number of rotatable bonds is 6. The van der Waals surface area contributed by atoms with Crippen LogP contribution in [0.5, 0.6) is 0 Å². The fourth-order valence-corrected chi connectivity index (χ4v) is 8.71. The van der Waals surface area contributed by atoms with Gasteiger partial charge in [0, 0.05) is 66.9 Å². The van der Waals surface area contributed by atoms with Crippen LogP contribution >= 0.6 is 0 Å². The molecule has 0 spiro atoms. The van der Waals surface area contributed by atoms with Crippen molar-refractivity contribution in [3.8, 4) is 28.3 Å². The van der Waals surface area contributed by atoms with Gasteiger partial charge < -0.3 is 18.3 Å². The summed E-state index contributed by atoms with van der Waals surface area (Å²) in [6, 6.07) is 70.3. The number of hydrogen-bond donors (Lipinski definition) is 0. The number of anilines is 3. The molecule has 0 aliphatic heterocycles. The third kappa shape index (κ3) is 5.07. The SMILES string of the molecule is c1ccc(-c2nc3c(o2)c(-c2ccc(N(c4ccc5c(c4)oc4ccccc45)c4ccc5c(c4)c4ccccc4n5-c4ccccc4)cc2)cc2ccccc23)cc1. The minimum absolute atomic E-state index is 0.612. The van der Waals surface area contributed by atoms with Crippen molar-refractivity contribution in [1.29, 1.82) is 0 Å². The summed E-state index contributed by atoms with van der Waals surface area (Å²) >= 11 is 0. The first-order valence-corrected chi connectivity index (χ1v) is 19.5. The first-order chi connectivity index (χ1) is 28.7. The molecule has 12 aromatic rings. The van der Waals surface area contributed by atoms with E-state index in [4.69, 9.17) is 13.8 Å². The molecule has 0 aliphatic carbocycles. The summed E-state index contributed by atoms with van der Waals surface area (Å²) in [5.74, 6) is 0.612. The summed E-state index contributed by atoms with van der Waals surface area (Å²) in [6.07, 6.45) is 0. The highest BCUT2D eigenvalue weighted by atomic mass is 16.3. The lowest BCUT2D eigenvalue weighted by Crippen LogP contribution is -2.09. The number of nitrogens with zero attached hydrogens (tertiary/aromatic N) is 3. The van der Waals surface area contributed by atoms with Gasteiger partial charge in [-0.15, -0.1) is 0 Å². The van der Waals surface area contributed by atoms with Gasteiger partial charge in [0.15, 0.2) is 5.58 Å². The van der Waals surface area contributed by atoms with E-state index < -0.39 is 0 Å². The Morgan fingerprint density at radius 3 is 1.90 bits per heavy atom. The highest BCUT2D eigenvalue weighted by Gasteiger charge is 2.21. The zero-order valence-corrected chi connectivity index (χ0v) is 31.2. The number of para-hydroxylation sites is 3. The maximum atomic E-state index is 6.61. The van der Waals surface area contributed by atoms with Crippen molar-refractivity contribution in [2.24, 2.45) is 0 Å². The van der Waals surface area contributed by atoms with Crippen LogP contribution in [0.15, 0.2) is 209 Å². The molecule has 0 radical (unpaired) electrons. The third-order valence-corrected chi connectivity index (χ3v) is 11.4. The summed E-state index contributed by atoms with van der Waals surface area (Å²) in [7, 11) is 0. The van der Waals surface area contributed by atoms with Crippen LogP contribution in [0.3, 0.4) is 0 Å². The molecule has 58 heavy (non-hydrogen) atoms. The summed E-state index contributed by atoms with van der Waals surface area (Å²) in [5, 5.41) is 6.78. The average Bonchev–Trinajstić information content (AvgIpc) is 4.00. The molecule has 12 rings (SSSR count). The molecule has 0 N–H and O–H groups in total. The van der Waals surface area contributed by atoms with E-state index in [9.17, 15) is 0 Å². The second kappa shape index (κ2) is 12.8. The fourth-order valence-electron chi connectivity index (χ4n) is 8.71. The van der Waals surface area contributed by atoms with Crippen LogP contribution in [0.2, 0.25) is 0 Å². The molecule has 0 amide bonds. The van der Waals surface area contributed by atoms with E-state index >= 15 is 0 Å². The Labute approximate surface area is 333 Å². The summed E-state index contributed by atoms with van der Waals surface area (Å²) in [4.78, 5) is 7.37. The van der Waals surface area contributed by atoms with Crippen LogP contribution in [0.4, 0.5) is 17.1 Å². The molecule has 3 aromatic heterocycles. The predicted octanol–water partition coefficient (Wildman–Crippen LogP) is 14.8. The third-order valence-electron chi connectivity index (χ3n) is 11.4. The normalized spacial score (nSPS) is 11.8. The van der Waals surface area contributed by atoms with E-state index in [1.165, 1.54) is 16.3 Å². The van der Waals surface area contributed by atoms with E-state index in [-0.39, 0.29) is 0 Å². The second-order valence-corrected chi connectivity index (χ2v) is 14.8. The molecule has 5 nitrogen and oxygen atoms in total. The van der Waals surface area contributed by atoms with E-state index in [0.29, 0.717) is 5.89 Å². The van der Waals surface area contributed by atoms with Gasteiger partial charge in [-0.1, -0.05) is 109 Å². The Morgan fingerprint density at radius 1 is 0.414 bits per heavy atom. The number of oxazole rings is 1. The van der Waals surface area contributed by atoms with Crippen LogP contribution in [0.25, 0.3) is 93.9 Å². The number of benzene rings is 9. The zero-order chi connectivity index (χ0) is 38.2. The quantitative estimate of drug-likeness (QED) is 0.170. The maximum Gasteiger partial charge on any atom is 0.227 e. The predicted molar refractivity (Wildman–Crippen MR) is 239 cm³/mol. The van der Waals surface area contributed by atoms with Crippen LogP contribution < -0.4 is 4.90 Å². The van der Waals surface area contributed by atoms with Crippen molar-refractivity contribution in [2.75, 3.05) is 4.90 Å². The van der Waals surface area contributed by atoms with Crippen molar-refractivity contribution in [2.45, 2.75) is 0 Å². The molecule has 9 aromatic carbocycles. The van der Waals surface area contributed by atoms with Gasteiger partial charge in [-0.2, -0.15) is 0 Å². The van der Waals surface area contributed by atoms with Crippen molar-refractivity contribution < 1.29 is 8.83 Å². The Morgan fingerprint density at radius 2 is 1.05 bits per heavy atom. The Kier molecular flexibility index (Phi) is 7.16. The first-order valence-electron chi connectivity index (χ1n) is 19.5. The van der Waals surface area contributed by atoms with Crippen LogP contribution in [-0.4, -0.2) is 9.55 Å². The summed E-state index contributed by atoms with van der Waals surface area (Å²) < 4.78 is 15.4. The van der Waals surface area contributed by atoms with Gasteiger partial charge in [0.05, 0.1) is 11.0 Å². The topological polar surface area (TPSA) is 47.3 Å². The van der Waals surface area contributed by atoms with Crippen LogP contribution in [0.1, 0.15) is 0 Å². The smallest absolute Gasteiger partial charge is 0.227 e. The lowest BCUT2D eigenvalue weighted by atomic mass is 9.99. The van der Waals surface area contributed by atoms with Gasteiger partial charge in [0.25, 0.3) is 0 Å². The molecule has 5 heteroatoms. The van der Waals surface area contributed by atoms with Gasteiger partial charge in [-0.05, 0) is 95.9 Å². The molecule has 0 saturated carbocycles. The molecule has 3 heterocycles. The lowest BCUT2D eigenvalue weighted by molar-refractivity contribution is 0.621. The molecule has 0 bridgehead atoms. The van der Waals surface area contributed by atoms with Crippen molar-refractivity contribution in [3.05, 3.63) is 200 Å². The Balaban J connectivity index is 1.04. The molecular weight excluding hydrogens is 711 g/mol. The van der Waals surface area contributed by atoms with Crippen molar-refractivity contribution in [3.63, 3.8) is 0 Å². The number of aromatic nitrogens is 2. The van der Waals surface area contributed by atoms with E-state index in [1.807, 2.05) is 42.5 Å². The molecule has 272 valence electrons. The minimum atomic E-state index is 0.612. The highest BCUT2D eigenvalue weighted by molar-refractivity contribution is 6.12. The maximum absolute atomic E-state index is 6.61. The highest BCUT2D eigenvalue weighted by Crippen LogP contribution is 2.43. The average molecular weight is 744 g/mol. The Bertz CT molecular complexity index is 3510. The summed E-state index contributed by atoms with van der Waals surface area (Å²) in [6.45, 7) is 0. The monoisotopic (exact) mass is 743 g/mol. The summed E-state index contributed by atoms with van der Waals surface area (Å²) in [5.41, 5.74) is 12.9. The molecule has 0 saturated heterocycles. The van der Waals surface area contributed by atoms with Crippen LogP contribution in [-0.2, 0) is 0 Å². The van der Waals surface area contributed by atoms with Gasteiger partial charge in [-0.25, -0.2) is 4.98 Å². The largest absolute Gasteiger partial charge is 0.456 e. The van der Waals surface area contributed by atoms with Gasteiger partial charge in [0.1, 0.15) is 16.7 Å². The van der Waals surface area contributed by atoms with E-state index in [0.717, 1.165) is 88.8 Å². The second-order valence-electron chi connectivity index (χ2n) is 14.8. The van der Waals surface area contributed by atoms with Gasteiger partial charge >= 0.3 is 0 Å². The number of fused-ring (bicyclic) bond motifs is 9. The number of hydrogen-bond acceptors (Lipinski definition) is 4. The molecule has 0 fully saturated rings. The van der Waals surface area contributed by atoms with Gasteiger partial charge in [0.2, 0.25) is 5.89 Å². The lowest BCUT2D eigenvalue weighted by Gasteiger charge is -2.26. The van der Waals surface area contributed by atoms with E-state index in [2.05, 4.69) is 167 Å². The fraction of sp³-hybridized carbons (Fsp3) is 0. The molecule has 0 unspecified atom stereocenters. The van der Waals surface area contributed by atoms with Crippen molar-refractivity contribution in [1.82, 2.24) is 9.55 Å². The minimum Gasteiger partial charge on any atom is -0.456 e. The standard InChI is InChI=1S/C53H33N3O2/c1-3-13-35(14-4-1)53-54-51-41-18-8-7-15-36(41)31-45(52(51)58-53)34-23-25-38(26-24-34)55(40-27-29-44-43-20-10-12-22-49(43)57-50(44)33-40)39-28-30-48-46(32-39)42-19-9-11-21-47(42)56(48)37-16-5-2-6-17-37/h1-33H. The molecule has 0 aliphatic rings. The van der Waals surface area contributed by atoms with E-state index in [1.54, 1.807) is 0 Å². The first kappa shape index (κ1) is 32.4. The Hall–Kier alpha value is -7.89. The number of furan rings is 1.